The normalized spacial score (nSPS) is 24.2. The van der Waals surface area contributed by atoms with Crippen LogP contribution >= 0.6 is 0 Å². The molecule has 0 aromatic carbocycles. The van der Waals surface area contributed by atoms with Crippen LogP contribution in [0.3, 0.4) is 0 Å². The summed E-state index contributed by atoms with van der Waals surface area (Å²) in [7, 11) is 0. The minimum atomic E-state index is -4.30. The molecule has 0 spiro atoms. The zero-order valence-corrected chi connectivity index (χ0v) is 10.8. The first kappa shape index (κ1) is 16.2. The largest absolute Gasteiger partial charge is 0.401 e. The standard InChI is InChI=1S/C12H21F3N2O2/c13-12(14,15)8-16-6-11(19)17-5-9-3-1-2-4-10(9)7-18/h9-10,16,18H,1-8H2,(H,17,19). The molecule has 7 heteroatoms. The molecular formula is C12H21F3N2O2. The van der Waals surface area contributed by atoms with Crippen LogP contribution in [0.5, 0.6) is 0 Å². The summed E-state index contributed by atoms with van der Waals surface area (Å²) in [6.45, 7) is -0.968. The van der Waals surface area contributed by atoms with Gasteiger partial charge in [-0.25, -0.2) is 0 Å². The number of nitrogens with one attached hydrogen (secondary N) is 2. The number of aliphatic hydroxyl groups excluding tert-OH is 1. The van der Waals surface area contributed by atoms with Crippen LogP contribution in [0.15, 0.2) is 0 Å². The lowest BCUT2D eigenvalue weighted by Gasteiger charge is -2.30. The number of hydrogen-bond donors (Lipinski definition) is 3. The van der Waals surface area contributed by atoms with Gasteiger partial charge in [-0.3, -0.25) is 4.79 Å². The van der Waals surface area contributed by atoms with E-state index in [2.05, 4.69) is 10.6 Å². The van der Waals surface area contributed by atoms with E-state index in [4.69, 9.17) is 0 Å². The third kappa shape index (κ3) is 6.77. The minimum Gasteiger partial charge on any atom is -0.396 e. The Kier molecular flexibility index (Phi) is 6.57. The molecule has 1 rings (SSSR count). The molecule has 1 fully saturated rings. The van der Waals surface area contributed by atoms with Crippen molar-refractivity contribution in [1.29, 1.82) is 0 Å². The lowest BCUT2D eigenvalue weighted by atomic mass is 9.79. The van der Waals surface area contributed by atoms with Crippen LogP contribution in [-0.4, -0.2) is 43.4 Å². The Hall–Kier alpha value is -0.820. The van der Waals surface area contributed by atoms with Crippen molar-refractivity contribution in [2.24, 2.45) is 11.8 Å². The number of alkyl halides is 3. The summed E-state index contributed by atoms with van der Waals surface area (Å²) in [6, 6.07) is 0. The van der Waals surface area contributed by atoms with Gasteiger partial charge in [-0.2, -0.15) is 13.2 Å². The predicted octanol–water partition coefficient (Wildman–Crippen LogP) is 1.05. The Balaban J connectivity index is 2.18. The van der Waals surface area contributed by atoms with Crippen molar-refractivity contribution in [2.45, 2.75) is 31.9 Å². The molecule has 2 unspecified atom stereocenters. The second-order valence-corrected chi connectivity index (χ2v) is 5.01. The summed E-state index contributed by atoms with van der Waals surface area (Å²) in [6.07, 6.45) is -0.247. The van der Waals surface area contributed by atoms with Gasteiger partial charge in [0.25, 0.3) is 0 Å². The van der Waals surface area contributed by atoms with Crippen LogP contribution in [0.4, 0.5) is 13.2 Å². The molecular weight excluding hydrogens is 261 g/mol. The van der Waals surface area contributed by atoms with Crippen LogP contribution in [0, 0.1) is 11.8 Å². The Morgan fingerprint density at radius 2 is 1.84 bits per heavy atom. The van der Waals surface area contributed by atoms with Gasteiger partial charge in [0.15, 0.2) is 0 Å². The molecule has 112 valence electrons. The monoisotopic (exact) mass is 282 g/mol. The first-order chi connectivity index (χ1) is 8.92. The fourth-order valence-electron chi connectivity index (χ4n) is 2.42. The van der Waals surface area contributed by atoms with Crippen molar-refractivity contribution in [3.8, 4) is 0 Å². The fourth-order valence-corrected chi connectivity index (χ4v) is 2.42. The van der Waals surface area contributed by atoms with E-state index in [0.717, 1.165) is 25.7 Å². The number of rotatable bonds is 6. The molecule has 0 saturated heterocycles. The Labute approximate surface area is 110 Å². The van der Waals surface area contributed by atoms with Crippen molar-refractivity contribution in [1.82, 2.24) is 10.6 Å². The molecule has 0 heterocycles. The molecule has 4 nitrogen and oxygen atoms in total. The first-order valence-corrected chi connectivity index (χ1v) is 6.57. The lowest BCUT2D eigenvalue weighted by Crippen LogP contribution is -2.41. The molecule has 2 atom stereocenters. The zero-order chi connectivity index (χ0) is 14.3. The van der Waals surface area contributed by atoms with Gasteiger partial charge in [-0.05, 0) is 24.7 Å². The van der Waals surface area contributed by atoms with Crippen molar-refractivity contribution >= 4 is 5.91 Å². The third-order valence-electron chi connectivity index (χ3n) is 3.47. The quantitative estimate of drug-likeness (QED) is 0.682. The molecule has 0 aliphatic heterocycles. The summed E-state index contributed by atoms with van der Waals surface area (Å²) >= 11 is 0. The Morgan fingerprint density at radius 1 is 1.21 bits per heavy atom. The van der Waals surface area contributed by atoms with Gasteiger partial charge in [-0.15, -0.1) is 0 Å². The van der Waals surface area contributed by atoms with E-state index in [9.17, 15) is 23.1 Å². The first-order valence-electron chi connectivity index (χ1n) is 6.57. The number of carbonyl (C=O) groups excluding carboxylic acids is 1. The highest BCUT2D eigenvalue weighted by atomic mass is 19.4. The van der Waals surface area contributed by atoms with Crippen molar-refractivity contribution in [2.75, 3.05) is 26.2 Å². The molecule has 1 aliphatic rings. The third-order valence-corrected chi connectivity index (χ3v) is 3.47. The Morgan fingerprint density at radius 3 is 2.42 bits per heavy atom. The van der Waals surface area contributed by atoms with Crippen LogP contribution in [-0.2, 0) is 4.79 Å². The zero-order valence-electron chi connectivity index (χ0n) is 10.8. The highest BCUT2D eigenvalue weighted by Gasteiger charge is 2.27. The molecule has 19 heavy (non-hydrogen) atoms. The van der Waals surface area contributed by atoms with Crippen LogP contribution in [0.25, 0.3) is 0 Å². The molecule has 1 aliphatic carbocycles. The molecule has 0 aromatic rings. The summed E-state index contributed by atoms with van der Waals surface area (Å²) in [5.41, 5.74) is 0. The van der Waals surface area contributed by atoms with Crippen LogP contribution in [0.1, 0.15) is 25.7 Å². The maximum absolute atomic E-state index is 11.9. The molecule has 3 N–H and O–H groups in total. The average Bonchev–Trinajstić information content (AvgIpc) is 2.35. The van der Waals surface area contributed by atoms with E-state index < -0.39 is 18.6 Å². The summed E-state index contributed by atoms with van der Waals surface area (Å²) < 4.78 is 35.6. The number of hydrogen-bond acceptors (Lipinski definition) is 3. The number of aliphatic hydroxyl groups is 1. The van der Waals surface area contributed by atoms with E-state index in [1.807, 2.05) is 0 Å². The molecule has 1 amide bonds. The van der Waals surface area contributed by atoms with Gasteiger partial charge in [0.1, 0.15) is 0 Å². The van der Waals surface area contributed by atoms with E-state index in [1.54, 1.807) is 0 Å². The predicted molar refractivity (Wildman–Crippen MR) is 64.5 cm³/mol. The van der Waals surface area contributed by atoms with Crippen LogP contribution in [0.2, 0.25) is 0 Å². The number of amides is 1. The van der Waals surface area contributed by atoms with Crippen molar-refractivity contribution < 1.29 is 23.1 Å². The smallest absolute Gasteiger partial charge is 0.396 e. The van der Waals surface area contributed by atoms with Crippen LogP contribution < -0.4 is 10.6 Å². The summed E-state index contributed by atoms with van der Waals surface area (Å²) in [4.78, 5) is 11.4. The molecule has 0 bridgehead atoms. The highest BCUT2D eigenvalue weighted by molar-refractivity contribution is 5.77. The van der Waals surface area contributed by atoms with Crippen molar-refractivity contribution in [3.05, 3.63) is 0 Å². The molecule has 0 radical (unpaired) electrons. The van der Waals surface area contributed by atoms with Gasteiger partial charge in [0.05, 0.1) is 13.1 Å². The van der Waals surface area contributed by atoms with E-state index >= 15 is 0 Å². The Bertz CT molecular complexity index is 285. The average molecular weight is 282 g/mol. The van der Waals surface area contributed by atoms with E-state index in [-0.39, 0.29) is 25.0 Å². The summed E-state index contributed by atoms with van der Waals surface area (Å²) in [5.74, 6) is -0.0194. The van der Waals surface area contributed by atoms with Gasteiger partial charge >= 0.3 is 6.18 Å². The van der Waals surface area contributed by atoms with Gasteiger partial charge in [0, 0.05) is 13.2 Å². The van der Waals surface area contributed by atoms with E-state index in [0.29, 0.717) is 6.54 Å². The van der Waals surface area contributed by atoms with E-state index in [1.165, 1.54) is 0 Å². The maximum atomic E-state index is 11.9. The second-order valence-electron chi connectivity index (χ2n) is 5.01. The number of halogens is 3. The van der Waals surface area contributed by atoms with Gasteiger partial charge in [0.2, 0.25) is 5.91 Å². The minimum absolute atomic E-state index is 0.104. The fraction of sp³-hybridized carbons (Fsp3) is 0.917. The maximum Gasteiger partial charge on any atom is 0.401 e. The van der Waals surface area contributed by atoms with Crippen molar-refractivity contribution in [3.63, 3.8) is 0 Å². The second kappa shape index (κ2) is 7.69. The lowest BCUT2D eigenvalue weighted by molar-refractivity contribution is -0.128. The topological polar surface area (TPSA) is 61.4 Å². The number of carbonyl (C=O) groups is 1. The van der Waals surface area contributed by atoms with Gasteiger partial charge in [-0.1, -0.05) is 12.8 Å². The molecule has 0 aromatic heterocycles. The van der Waals surface area contributed by atoms with Gasteiger partial charge < -0.3 is 15.7 Å². The molecule has 1 saturated carbocycles. The highest BCUT2D eigenvalue weighted by Crippen LogP contribution is 2.28. The summed E-state index contributed by atoms with van der Waals surface area (Å²) in [5, 5.41) is 13.9. The SMILES string of the molecule is O=C(CNCC(F)(F)F)NCC1CCCCC1CO.